The highest BCUT2D eigenvalue weighted by Crippen LogP contribution is 2.37. The summed E-state index contributed by atoms with van der Waals surface area (Å²) >= 11 is 0. The molecule has 0 atom stereocenters. The van der Waals surface area contributed by atoms with Crippen LogP contribution < -0.4 is 4.72 Å². The van der Waals surface area contributed by atoms with Gasteiger partial charge in [-0.25, -0.2) is 13.1 Å². The molecule has 1 aromatic carbocycles. The van der Waals surface area contributed by atoms with Crippen LogP contribution in [-0.4, -0.2) is 46.0 Å². The molecule has 0 aliphatic carbocycles. The summed E-state index contributed by atoms with van der Waals surface area (Å²) in [6.45, 7) is 0.420. The number of likely N-dealkylation sites (N-methyl/N-ethyl adjacent to an activating group) is 1. The number of hydrogen-bond donors (Lipinski definition) is 2. The fourth-order valence-corrected chi connectivity index (χ4v) is 3.41. The van der Waals surface area contributed by atoms with Crippen LogP contribution in [0.25, 0.3) is 10.9 Å². The molecule has 2 aromatic rings. The van der Waals surface area contributed by atoms with Gasteiger partial charge < -0.3 is 9.88 Å². The summed E-state index contributed by atoms with van der Waals surface area (Å²) in [5, 5.41) is 0.338. The van der Waals surface area contributed by atoms with Gasteiger partial charge in [-0.3, -0.25) is 0 Å². The largest absolute Gasteiger partial charge is 0.431 e. The predicted octanol–water partition coefficient (Wildman–Crippen LogP) is 2.34. The van der Waals surface area contributed by atoms with Gasteiger partial charge >= 0.3 is 6.18 Å². The predicted molar refractivity (Wildman–Crippen MR) is 87.2 cm³/mol. The minimum Gasteiger partial charge on any atom is -0.351 e. The maximum absolute atomic E-state index is 13.4. The van der Waals surface area contributed by atoms with Gasteiger partial charge in [-0.15, -0.1) is 0 Å². The van der Waals surface area contributed by atoms with E-state index in [1.54, 1.807) is 31.1 Å². The van der Waals surface area contributed by atoms with Crippen molar-refractivity contribution in [2.45, 2.75) is 18.3 Å². The van der Waals surface area contributed by atoms with Crippen molar-refractivity contribution in [1.29, 1.82) is 0 Å². The summed E-state index contributed by atoms with van der Waals surface area (Å²) in [6, 6.07) is 4.62. The van der Waals surface area contributed by atoms with Crippen molar-refractivity contribution in [2.75, 3.05) is 27.7 Å². The Balaban J connectivity index is 2.66. The Labute approximate surface area is 138 Å². The Hall–Kier alpha value is -1.58. The molecule has 0 amide bonds. The average molecular weight is 363 g/mol. The van der Waals surface area contributed by atoms with Gasteiger partial charge in [0.05, 0.1) is 5.75 Å². The molecule has 0 fully saturated rings. The lowest BCUT2D eigenvalue weighted by molar-refractivity contribution is -0.141. The molecule has 0 saturated heterocycles. The fraction of sp³-hybridized carbons (Fsp3) is 0.467. The third-order valence-corrected chi connectivity index (χ3v) is 5.08. The Morgan fingerprint density at radius 3 is 2.46 bits per heavy atom. The number of sulfonamides is 1. The normalized spacial score (nSPS) is 13.1. The second-order valence-corrected chi connectivity index (χ2v) is 7.76. The van der Waals surface area contributed by atoms with Crippen LogP contribution >= 0.6 is 0 Å². The number of alkyl halides is 3. The molecule has 0 aliphatic rings. The molecule has 2 N–H and O–H groups in total. The van der Waals surface area contributed by atoms with E-state index in [2.05, 4.69) is 9.71 Å². The fourth-order valence-electron chi connectivity index (χ4n) is 2.62. The SMILES string of the molecule is CNS(=O)(=O)Cc1cccc2[nH]c(C(F)(F)F)c(CCN(C)C)c12. The van der Waals surface area contributed by atoms with Crippen molar-refractivity contribution in [1.82, 2.24) is 14.6 Å². The number of H-pyrrole nitrogens is 1. The number of halogens is 3. The molecule has 2 rings (SSSR count). The Kier molecular flexibility index (Phi) is 5.26. The zero-order valence-electron chi connectivity index (χ0n) is 13.7. The number of nitrogens with zero attached hydrogens (tertiary/aromatic N) is 1. The summed E-state index contributed by atoms with van der Waals surface area (Å²) in [5.74, 6) is -0.370. The van der Waals surface area contributed by atoms with Gasteiger partial charge in [0, 0.05) is 17.4 Å². The Bertz CT molecular complexity index is 826. The van der Waals surface area contributed by atoms with Crippen LogP contribution in [0.5, 0.6) is 0 Å². The van der Waals surface area contributed by atoms with Crippen LogP contribution in [0.2, 0.25) is 0 Å². The highest BCUT2D eigenvalue weighted by Gasteiger charge is 2.36. The smallest absolute Gasteiger partial charge is 0.351 e. The van der Waals surface area contributed by atoms with Crippen LogP contribution in [0, 0.1) is 0 Å². The summed E-state index contributed by atoms with van der Waals surface area (Å²) in [6.07, 6.45) is -4.36. The summed E-state index contributed by atoms with van der Waals surface area (Å²) < 4.78 is 66.0. The highest BCUT2D eigenvalue weighted by atomic mass is 32.2. The van der Waals surface area contributed by atoms with Crippen molar-refractivity contribution < 1.29 is 21.6 Å². The van der Waals surface area contributed by atoms with Crippen molar-refractivity contribution in [2.24, 2.45) is 0 Å². The van der Waals surface area contributed by atoms with Crippen molar-refractivity contribution in [3.05, 3.63) is 35.0 Å². The maximum atomic E-state index is 13.4. The molecule has 0 unspecified atom stereocenters. The molecular weight excluding hydrogens is 343 g/mol. The second kappa shape index (κ2) is 6.73. The van der Waals surface area contributed by atoms with Gasteiger partial charge in [0.2, 0.25) is 10.0 Å². The first-order chi connectivity index (χ1) is 11.0. The molecule has 0 bridgehead atoms. The van der Waals surface area contributed by atoms with Gasteiger partial charge in [0.15, 0.2) is 0 Å². The minimum absolute atomic E-state index is 0.105. The molecule has 0 radical (unpaired) electrons. The molecule has 9 heteroatoms. The molecule has 0 aliphatic heterocycles. The number of nitrogens with one attached hydrogen (secondary N) is 2. The topological polar surface area (TPSA) is 65.2 Å². The molecule has 5 nitrogen and oxygen atoms in total. The first-order valence-electron chi connectivity index (χ1n) is 7.30. The monoisotopic (exact) mass is 363 g/mol. The van der Waals surface area contributed by atoms with Crippen LogP contribution in [-0.2, 0) is 28.4 Å². The van der Waals surface area contributed by atoms with E-state index < -0.39 is 21.9 Å². The van der Waals surface area contributed by atoms with Gasteiger partial charge in [0.1, 0.15) is 5.69 Å². The van der Waals surface area contributed by atoms with E-state index in [9.17, 15) is 21.6 Å². The number of benzene rings is 1. The zero-order valence-corrected chi connectivity index (χ0v) is 14.5. The summed E-state index contributed by atoms with van der Waals surface area (Å²) in [5.41, 5.74) is -0.0657. The van der Waals surface area contributed by atoms with Crippen molar-refractivity contribution in [3.63, 3.8) is 0 Å². The molecular formula is C15H20F3N3O2S. The number of aromatic nitrogens is 1. The van der Waals surface area contributed by atoms with Crippen LogP contribution in [0.1, 0.15) is 16.8 Å². The molecule has 24 heavy (non-hydrogen) atoms. The zero-order chi connectivity index (χ0) is 18.1. The van der Waals surface area contributed by atoms with Crippen LogP contribution in [0.15, 0.2) is 18.2 Å². The lowest BCUT2D eigenvalue weighted by atomic mass is 10.0. The number of aromatic amines is 1. The first-order valence-corrected chi connectivity index (χ1v) is 8.96. The van der Waals surface area contributed by atoms with Crippen LogP contribution in [0.4, 0.5) is 13.2 Å². The van der Waals surface area contributed by atoms with Crippen LogP contribution in [0.3, 0.4) is 0 Å². The standard InChI is InChI=1S/C15H20F3N3O2S/c1-19-24(22,23)9-10-5-4-6-12-13(10)11(7-8-21(2)3)14(20-12)15(16,17)18/h4-6,19-20H,7-9H2,1-3H3. The minimum atomic E-state index is -4.53. The van der Waals surface area contributed by atoms with E-state index in [1.165, 1.54) is 13.1 Å². The second-order valence-electron chi connectivity index (χ2n) is 5.83. The number of hydrogen-bond acceptors (Lipinski definition) is 3. The number of rotatable bonds is 6. The van der Waals surface area contributed by atoms with E-state index in [0.717, 1.165) is 0 Å². The van der Waals surface area contributed by atoms with Crippen molar-refractivity contribution in [3.8, 4) is 0 Å². The molecule has 0 saturated carbocycles. The third-order valence-electron chi connectivity index (χ3n) is 3.76. The van der Waals surface area contributed by atoms with E-state index in [4.69, 9.17) is 0 Å². The van der Waals surface area contributed by atoms with E-state index >= 15 is 0 Å². The van der Waals surface area contributed by atoms with E-state index in [1.807, 2.05) is 0 Å². The van der Waals surface area contributed by atoms with Gasteiger partial charge in [0.25, 0.3) is 0 Å². The van der Waals surface area contributed by atoms with Crippen molar-refractivity contribution >= 4 is 20.9 Å². The summed E-state index contributed by atoms with van der Waals surface area (Å²) in [7, 11) is 1.23. The average Bonchev–Trinajstić information content (AvgIpc) is 2.84. The highest BCUT2D eigenvalue weighted by molar-refractivity contribution is 7.88. The van der Waals surface area contributed by atoms with E-state index in [-0.39, 0.29) is 17.7 Å². The first kappa shape index (κ1) is 18.8. The van der Waals surface area contributed by atoms with Gasteiger partial charge in [-0.05, 0) is 44.8 Å². The van der Waals surface area contributed by atoms with Gasteiger partial charge in [-0.2, -0.15) is 13.2 Å². The quantitative estimate of drug-likeness (QED) is 0.828. The molecule has 0 spiro atoms. The third kappa shape index (κ3) is 4.08. The molecule has 1 aromatic heterocycles. The Morgan fingerprint density at radius 2 is 1.92 bits per heavy atom. The Morgan fingerprint density at radius 1 is 1.25 bits per heavy atom. The summed E-state index contributed by atoms with van der Waals surface area (Å²) in [4.78, 5) is 4.20. The van der Waals surface area contributed by atoms with E-state index in [0.29, 0.717) is 23.0 Å². The van der Waals surface area contributed by atoms with Gasteiger partial charge in [-0.1, -0.05) is 12.1 Å². The maximum Gasteiger partial charge on any atom is 0.431 e. The molecule has 1 heterocycles. The lowest BCUT2D eigenvalue weighted by Crippen LogP contribution is -2.21. The lowest BCUT2D eigenvalue weighted by Gasteiger charge is -2.13. The molecule has 134 valence electrons. The number of fused-ring (bicyclic) bond motifs is 1.